The molecule has 1 amide bonds. The van der Waals surface area contributed by atoms with Gasteiger partial charge in [-0.05, 0) is 56.9 Å². The molecule has 0 saturated heterocycles. The number of aromatic nitrogens is 1. The summed E-state index contributed by atoms with van der Waals surface area (Å²) in [6.07, 6.45) is -8.52. The molecule has 15 heteroatoms. The fourth-order valence-electron chi connectivity index (χ4n) is 3.97. The van der Waals surface area contributed by atoms with E-state index in [0.29, 0.717) is 24.6 Å². The van der Waals surface area contributed by atoms with Crippen LogP contribution >= 0.6 is 0 Å². The number of nitrogens with one attached hydrogen (secondary N) is 1. The molecular weight excluding hydrogens is 550 g/mol. The minimum Gasteiger partial charge on any atom is -0.348 e. The maximum absolute atomic E-state index is 13.2. The van der Waals surface area contributed by atoms with Crippen molar-refractivity contribution in [3.63, 3.8) is 0 Å². The Bertz CT molecular complexity index is 1430. The Balaban J connectivity index is 1.77. The highest BCUT2D eigenvalue weighted by Crippen LogP contribution is 2.44. The zero-order chi connectivity index (χ0) is 28.2. The molecule has 0 atom stereocenters. The van der Waals surface area contributed by atoms with E-state index in [1.807, 2.05) is 0 Å². The van der Waals surface area contributed by atoms with Gasteiger partial charge in [0.15, 0.2) is 19.7 Å². The third kappa shape index (κ3) is 5.76. The highest BCUT2D eigenvalue weighted by atomic mass is 32.2. The van der Waals surface area contributed by atoms with Crippen LogP contribution < -0.4 is 5.32 Å². The van der Waals surface area contributed by atoms with E-state index in [4.69, 9.17) is 0 Å². The van der Waals surface area contributed by atoms with Crippen LogP contribution in [-0.2, 0) is 32.0 Å². The standard InChI is InChI=1S/C22H22F6N2O5S2/c1-20(2,37(34,35)16-6-4-5-12(9-16)21(23,24)25)13-7-15(8-13)30-19(31)18-17(36(3,32)33)10-14(11-29-18)22(26,27)28/h4-6,9-11,13,15H,7-8H2,1-3H3,(H,30,31). The summed E-state index contributed by atoms with van der Waals surface area (Å²) in [5.41, 5.74) is -3.21. The lowest BCUT2D eigenvalue weighted by atomic mass is 9.73. The molecule has 0 unspecified atom stereocenters. The van der Waals surface area contributed by atoms with Crippen LogP contribution in [0.15, 0.2) is 46.3 Å². The van der Waals surface area contributed by atoms with Gasteiger partial charge in [0.05, 0.1) is 25.7 Å². The second-order valence-electron chi connectivity index (χ2n) is 9.31. The summed E-state index contributed by atoms with van der Waals surface area (Å²) in [4.78, 5) is 14.6. The first kappa shape index (κ1) is 28.9. The molecule has 0 radical (unpaired) electrons. The van der Waals surface area contributed by atoms with E-state index in [0.717, 1.165) is 18.2 Å². The van der Waals surface area contributed by atoms with Gasteiger partial charge in [0, 0.05) is 18.5 Å². The molecule has 1 aromatic carbocycles. The maximum Gasteiger partial charge on any atom is 0.417 e. The van der Waals surface area contributed by atoms with Crippen molar-refractivity contribution < 1.29 is 48.0 Å². The number of sulfone groups is 2. The summed E-state index contributed by atoms with van der Waals surface area (Å²) < 4.78 is 127. The van der Waals surface area contributed by atoms with Crippen molar-refractivity contribution in [1.82, 2.24) is 10.3 Å². The molecule has 1 heterocycles. The van der Waals surface area contributed by atoms with Crippen LogP contribution in [0.5, 0.6) is 0 Å². The van der Waals surface area contributed by atoms with Gasteiger partial charge in [-0.2, -0.15) is 26.3 Å². The van der Waals surface area contributed by atoms with E-state index in [1.54, 1.807) is 0 Å². The summed E-state index contributed by atoms with van der Waals surface area (Å²) in [6, 6.07) is 3.01. The smallest absolute Gasteiger partial charge is 0.348 e. The molecular formula is C22H22F6N2O5S2. The van der Waals surface area contributed by atoms with E-state index in [2.05, 4.69) is 10.3 Å². The van der Waals surface area contributed by atoms with E-state index >= 15 is 0 Å². The van der Waals surface area contributed by atoms with E-state index in [-0.39, 0.29) is 12.8 Å². The van der Waals surface area contributed by atoms with Crippen LogP contribution in [0.2, 0.25) is 0 Å². The summed E-state index contributed by atoms with van der Waals surface area (Å²) >= 11 is 0. The Morgan fingerprint density at radius 2 is 1.51 bits per heavy atom. The molecule has 7 nitrogen and oxygen atoms in total. The van der Waals surface area contributed by atoms with Gasteiger partial charge in [0.1, 0.15) is 5.69 Å². The highest BCUT2D eigenvalue weighted by Gasteiger charge is 2.49. The lowest BCUT2D eigenvalue weighted by Crippen LogP contribution is -2.53. The number of halogens is 6. The molecule has 0 aliphatic heterocycles. The molecule has 0 spiro atoms. The SMILES string of the molecule is CC(C)(C1CC(NC(=O)c2ncc(C(F)(F)F)cc2S(C)(=O)=O)C1)S(=O)(=O)c1cccc(C(F)(F)F)c1. The number of amides is 1. The molecule has 0 bridgehead atoms. The lowest BCUT2D eigenvalue weighted by Gasteiger charge is -2.44. The minimum absolute atomic E-state index is 0.0752. The van der Waals surface area contributed by atoms with Crippen molar-refractivity contribution in [2.45, 2.75) is 59.6 Å². The maximum atomic E-state index is 13.2. The molecule has 1 saturated carbocycles. The summed E-state index contributed by atoms with van der Waals surface area (Å²) in [5, 5.41) is 2.43. The van der Waals surface area contributed by atoms with Crippen LogP contribution in [0.25, 0.3) is 0 Å². The average molecular weight is 573 g/mol. The lowest BCUT2D eigenvalue weighted by molar-refractivity contribution is -0.138. The second-order valence-corrected chi connectivity index (χ2v) is 13.8. The number of hydrogen-bond acceptors (Lipinski definition) is 6. The quantitative estimate of drug-likeness (QED) is 0.518. The first-order chi connectivity index (χ1) is 16.7. The summed E-state index contributed by atoms with van der Waals surface area (Å²) in [7, 11) is -8.51. The van der Waals surface area contributed by atoms with Gasteiger partial charge in [-0.15, -0.1) is 0 Å². The van der Waals surface area contributed by atoms with E-state index in [9.17, 15) is 48.0 Å². The second kappa shape index (κ2) is 9.26. The fraction of sp³-hybridized carbons (Fsp3) is 0.455. The van der Waals surface area contributed by atoms with Crippen molar-refractivity contribution in [2.75, 3.05) is 6.26 Å². The molecule has 37 heavy (non-hydrogen) atoms. The van der Waals surface area contributed by atoms with Gasteiger partial charge in [-0.3, -0.25) is 4.79 Å². The first-order valence-corrected chi connectivity index (χ1v) is 14.0. The number of benzene rings is 1. The number of pyridine rings is 1. The van der Waals surface area contributed by atoms with Crippen molar-refractivity contribution in [3.05, 3.63) is 53.3 Å². The molecule has 1 aromatic heterocycles. The molecule has 1 aliphatic carbocycles. The number of rotatable bonds is 6. The van der Waals surface area contributed by atoms with Crippen LogP contribution in [0, 0.1) is 5.92 Å². The van der Waals surface area contributed by atoms with E-state index in [1.165, 1.54) is 13.8 Å². The first-order valence-electron chi connectivity index (χ1n) is 10.7. The van der Waals surface area contributed by atoms with Crippen LogP contribution in [-0.4, -0.2) is 44.8 Å². The number of carbonyl (C=O) groups excluding carboxylic acids is 1. The Labute approximate surface area is 209 Å². The fourth-order valence-corrected chi connectivity index (χ4v) is 6.59. The molecule has 3 rings (SSSR count). The number of carbonyl (C=O) groups is 1. The molecule has 1 aliphatic rings. The van der Waals surface area contributed by atoms with Crippen molar-refractivity contribution >= 4 is 25.6 Å². The van der Waals surface area contributed by atoms with Gasteiger partial charge in [-0.1, -0.05) is 6.07 Å². The number of nitrogens with zero attached hydrogens (tertiary/aromatic N) is 1. The predicted octanol–water partition coefficient (Wildman–Crippen LogP) is 4.28. The Morgan fingerprint density at radius 3 is 2.03 bits per heavy atom. The average Bonchev–Trinajstić information content (AvgIpc) is 2.73. The third-order valence-electron chi connectivity index (χ3n) is 6.42. The van der Waals surface area contributed by atoms with Gasteiger partial charge >= 0.3 is 12.4 Å². The van der Waals surface area contributed by atoms with Gasteiger partial charge < -0.3 is 5.32 Å². The molecule has 1 fully saturated rings. The van der Waals surface area contributed by atoms with Crippen molar-refractivity contribution in [2.24, 2.45) is 5.92 Å². The van der Waals surface area contributed by atoms with E-state index < -0.39 is 81.3 Å². The van der Waals surface area contributed by atoms with Gasteiger partial charge in [-0.25, -0.2) is 21.8 Å². The zero-order valence-electron chi connectivity index (χ0n) is 19.6. The Kier molecular flexibility index (Phi) is 7.23. The largest absolute Gasteiger partial charge is 0.417 e. The van der Waals surface area contributed by atoms with Crippen LogP contribution in [0.1, 0.15) is 48.3 Å². The molecule has 2 aromatic rings. The summed E-state index contributed by atoms with van der Waals surface area (Å²) in [6.45, 7) is 2.70. The zero-order valence-corrected chi connectivity index (χ0v) is 21.2. The normalized spacial score (nSPS) is 19.3. The minimum atomic E-state index is -4.89. The van der Waals surface area contributed by atoms with Crippen molar-refractivity contribution in [1.29, 1.82) is 0 Å². The topological polar surface area (TPSA) is 110 Å². The van der Waals surface area contributed by atoms with Gasteiger partial charge in [0.2, 0.25) is 0 Å². The highest BCUT2D eigenvalue weighted by molar-refractivity contribution is 7.92. The predicted molar refractivity (Wildman–Crippen MR) is 119 cm³/mol. The Hall–Kier alpha value is -2.68. The third-order valence-corrected chi connectivity index (χ3v) is 10.1. The van der Waals surface area contributed by atoms with Crippen molar-refractivity contribution in [3.8, 4) is 0 Å². The van der Waals surface area contributed by atoms with Crippen LogP contribution in [0.4, 0.5) is 26.3 Å². The molecule has 1 N–H and O–H groups in total. The Morgan fingerprint density at radius 1 is 0.946 bits per heavy atom. The monoisotopic (exact) mass is 572 g/mol. The van der Waals surface area contributed by atoms with Gasteiger partial charge in [0.25, 0.3) is 5.91 Å². The summed E-state index contributed by atoms with van der Waals surface area (Å²) in [5.74, 6) is -1.65. The number of hydrogen-bond donors (Lipinski definition) is 1. The molecule has 204 valence electrons. The number of alkyl halides is 6. The van der Waals surface area contributed by atoms with Crippen LogP contribution in [0.3, 0.4) is 0 Å².